The van der Waals surface area contributed by atoms with Crippen LogP contribution in [0, 0.1) is 5.41 Å². The van der Waals surface area contributed by atoms with Crippen LogP contribution in [0.25, 0.3) is 0 Å². The fourth-order valence-corrected chi connectivity index (χ4v) is 1.54. The van der Waals surface area contributed by atoms with Crippen molar-refractivity contribution in [2.75, 3.05) is 6.61 Å². The van der Waals surface area contributed by atoms with E-state index in [2.05, 4.69) is 0 Å². The number of rotatable bonds is 1. The van der Waals surface area contributed by atoms with E-state index in [1.54, 1.807) is 0 Å². The van der Waals surface area contributed by atoms with Crippen LogP contribution >= 0.6 is 0 Å². The molecule has 3 heteroatoms. The van der Waals surface area contributed by atoms with Crippen molar-refractivity contribution in [1.82, 2.24) is 0 Å². The van der Waals surface area contributed by atoms with E-state index in [4.69, 9.17) is 5.11 Å². The Morgan fingerprint density at radius 1 is 1.27 bits per heavy atom. The first-order chi connectivity index (χ1) is 5.02. The Balaban J connectivity index is 2.74. The zero-order chi connectivity index (χ0) is 8.54. The minimum absolute atomic E-state index is 0.0654. The third kappa shape index (κ3) is 1.39. The van der Waals surface area contributed by atoms with Crippen LogP contribution in [-0.2, 0) is 0 Å². The molecule has 1 rings (SSSR count). The summed E-state index contributed by atoms with van der Waals surface area (Å²) in [6.45, 7) is 1.06. The maximum atomic E-state index is 13.1. The smallest absolute Gasteiger partial charge is 0.255 e. The van der Waals surface area contributed by atoms with E-state index in [0.29, 0.717) is 12.8 Å². The van der Waals surface area contributed by atoms with Gasteiger partial charge in [0.05, 0.1) is 12.0 Å². The van der Waals surface area contributed by atoms with Crippen LogP contribution in [-0.4, -0.2) is 17.6 Å². The predicted molar refractivity (Wildman–Crippen MR) is 38.6 cm³/mol. The molecule has 0 aromatic heterocycles. The zero-order valence-electron chi connectivity index (χ0n) is 6.74. The van der Waals surface area contributed by atoms with Crippen LogP contribution in [0.1, 0.15) is 32.6 Å². The summed E-state index contributed by atoms with van der Waals surface area (Å²) in [4.78, 5) is 0. The maximum absolute atomic E-state index is 13.1. The van der Waals surface area contributed by atoms with Crippen molar-refractivity contribution in [3.63, 3.8) is 0 Å². The summed E-state index contributed by atoms with van der Waals surface area (Å²) in [7, 11) is 0. The second-order valence-corrected chi connectivity index (χ2v) is 3.63. The van der Waals surface area contributed by atoms with E-state index < -0.39 is 17.9 Å². The Bertz CT molecular complexity index is 147. The van der Waals surface area contributed by atoms with Gasteiger partial charge >= 0.3 is 0 Å². The molecule has 0 saturated heterocycles. The van der Waals surface area contributed by atoms with E-state index in [1.165, 1.54) is 6.92 Å². The van der Waals surface area contributed by atoms with Crippen molar-refractivity contribution in [3.05, 3.63) is 0 Å². The standard InChI is InChI=1S/C8H14F2O/c1-7(6-11)4-2-3-5-8(7,9)10/h11H,2-6H2,1H3. The SMILES string of the molecule is CC1(CO)CCCCC1(F)F. The number of hydrogen-bond acceptors (Lipinski definition) is 1. The molecule has 0 amide bonds. The lowest BCUT2D eigenvalue weighted by Gasteiger charge is -2.39. The molecule has 1 N–H and O–H groups in total. The number of alkyl halides is 2. The van der Waals surface area contributed by atoms with Crippen molar-refractivity contribution in [2.24, 2.45) is 5.41 Å². The van der Waals surface area contributed by atoms with Gasteiger partial charge in [-0.25, -0.2) is 8.78 Å². The molecule has 0 aromatic rings. The van der Waals surface area contributed by atoms with Crippen LogP contribution in [0.15, 0.2) is 0 Å². The molecule has 0 bridgehead atoms. The first-order valence-electron chi connectivity index (χ1n) is 4.00. The third-order valence-electron chi connectivity index (χ3n) is 2.70. The van der Waals surface area contributed by atoms with Crippen molar-refractivity contribution in [2.45, 2.75) is 38.5 Å². The van der Waals surface area contributed by atoms with Gasteiger partial charge in [-0.1, -0.05) is 13.3 Å². The largest absolute Gasteiger partial charge is 0.396 e. The molecule has 0 aliphatic heterocycles. The summed E-state index contributed by atoms with van der Waals surface area (Å²) in [5, 5.41) is 8.81. The highest BCUT2D eigenvalue weighted by atomic mass is 19.3. The quantitative estimate of drug-likeness (QED) is 0.629. The van der Waals surface area contributed by atoms with Crippen LogP contribution in [0.3, 0.4) is 0 Å². The molecule has 1 aliphatic carbocycles. The van der Waals surface area contributed by atoms with Crippen LogP contribution in [0.4, 0.5) is 8.78 Å². The Morgan fingerprint density at radius 2 is 1.82 bits per heavy atom. The summed E-state index contributed by atoms with van der Waals surface area (Å²) in [5.74, 6) is -2.67. The van der Waals surface area contributed by atoms with E-state index in [9.17, 15) is 8.78 Å². The van der Waals surface area contributed by atoms with E-state index in [1.807, 2.05) is 0 Å². The van der Waals surface area contributed by atoms with Gasteiger partial charge in [0.25, 0.3) is 5.92 Å². The van der Waals surface area contributed by atoms with E-state index in [-0.39, 0.29) is 6.42 Å². The average Bonchev–Trinajstić information content (AvgIpc) is 1.95. The summed E-state index contributed by atoms with van der Waals surface area (Å²) >= 11 is 0. The molecule has 0 aromatic carbocycles. The molecular weight excluding hydrogens is 150 g/mol. The van der Waals surface area contributed by atoms with Crippen molar-refractivity contribution in [3.8, 4) is 0 Å². The van der Waals surface area contributed by atoms with Gasteiger partial charge < -0.3 is 5.11 Å². The summed E-state index contributed by atoms with van der Waals surface area (Å²) in [5.41, 5.74) is -1.16. The predicted octanol–water partition coefficient (Wildman–Crippen LogP) is 2.19. The molecule has 1 unspecified atom stereocenters. The molecule has 66 valence electrons. The van der Waals surface area contributed by atoms with Gasteiger partial charge in [-0.3, -0.25) is 0 Å². The minimum atomic E-state index is -2.67. The Labute approximate surface area is 65.4 Å². The van der Waals surface area contributed by atoms with E-state index >= 15 is 0 Å². The topological polar surface area (TPSA) is 20.2 Å². The van der Waals surface area contributed by atoms with Gasteiger partial charge in [0.1, 0.15) is 0 Å². The number of hydrogen-bond donors (Lipinski definition) is 1. The number of aliphatic hydroxyl groups is 1. The van der Waals surface area contributed by atoms with Gasteiger partial charge in [-0.15, -0.1) is 0 Å². The second-order valence-electron chi connectivity index (χ2n) is 3.63. The van der Waals surface area contributed by atoms with Crippen molar-refractivity contribution < 1.29 is 13.9 Å². The summed E-state index contributed by atoms with van der Waals surface area (Å²) in [6.07, 6.45) is 1.77. The lowest BCUT2D eigenvalue weighted by atomic mass is 9.73. The Morgan fingerprint density at radius 3 is 2.18 bits per heavy atom. The first kappa shape index (κ1) is 8.91. The van der Waals surface area contributed by atoms with Crippen molar-refractivity contribution >= 4 is 0 Å². The summed E-state index contributed by atoms with van der Waals surface area (Å²) < 4.78 is 26.2. The minimum Gasteiger partial charge on any atom is -0.396 e. The molecule has 1 saturated carbocycles. The molecule has 0 heterocycles. The monoisotopic (exact) mass is 164 g/mol. The molecule has 0 radical (unpaired) electrons. The molecule has 1 atom stereocenters. The van der Waals surface area contributed by atoms with Gasteiger partial charge in [0, 0.05) is 6.42 Å². The first-order valence-corrected chi connectivity index (χ1v) is 4.00. The highest BCUT2D eigenvalue weighted by molar-refractivity contribution is 4.91. The van der Waals surface area contributed by atoms with Gasteiger partial charge in [0.15, 0.2) is 0 Å². The normalized spacial score (nSPS) is 37.1. The molecule has 11 heavy (non-hydrogen) atoms. The molecule has 0 spiro atoms. The molecule has 1 fully saturated rings. The number of aliphatic hydroxyl groups excluding tert-OH is 1. The van der Waals surface area contributed by atoms with Gasteiger partial charge in [-0.2, -0.15) is 0 Å². The Kier molecular flexibility index (Phi) is 2.19. The summed E-state index contributed by atoms with van der Waals surface area (Å²) in [6, 6.07) is 0. The maximum Gasteiger partial charge on any atom is 0.255 e. The average molecular weight is 164 g/mol. The van der Waals surface area contributed by atoms with Crippen LogP contribution < -0.4 is 0 Å². The van der Waals surface area contributed by atoms with Crippen LogP contribution in [0.5, 0.6) is 0 Å². The van der Waals surface area contributed by atoms with Gasteiger partial charge in [-0.05, 0) is 12.8 Å². The fraction of sp³-hybridized carbons (Fsp3) is 1.00. The number of halogens is 2. The molecule has 1 aliphatic rings. The van der Waals surface area contributed by atoms with Crippen molar-refractivity contribution in [1.29, 1.82) is 0 Å². The lowest BCUT2D eigenvalue weighted by molar-refractivity contribution is -0.159. The van der Waals surface area contributed by atoms with E-state index in [0.717, 1.165) is 6.42 Å². The van der Waals surface area contributed by atoms with Gasteiger partial charge in [0.2, 0.25) is 0 Å². The lowest BCUT2D eigenvalue weighted by Crippen LogP contribution is -2.44. The molecule has 1 nitrogen and oxygen atoms in total. The van der Waals surface area contributed by atoms with Crippen LogP contribution in [0.2, 0.25) is 0 Å². The highest BCUT2D eigenvalue weighted by Gasteiger charge is 2.50. The second kappa shape index (κ2) is 2.70. The molecular formula is C8H14F2O. The zero-order valence-corrected chi connectivity index (χ0v) is 6.74. The highest BCUT2D eigenvalue weighted by Crippen LogP contribution is 2.47. The Hall–Kier alpha value is -0.180. The third-order valence-corrected chi connectivity index (χ3v) is 2.70. The fourth-order valence-electron chi connectivity index (χ4n) is 1.54.